The molecule has 16 aromatic rings. The lowest BCUT2D eigenvalue weighted by molar-refractivity contribution is 0.00443. The van der Waals surface area contributed by atoms with Crippen molar-refractivity contribution in [3.05, 3.63) is 169 Å². The van der Waals surface area contributed by atoms with Gasteiger partial charge >= 0.3 is 0 Å². The summed E-state index contributed by atoms with van der Waals surface area (Å²) >= 11 is 0. The number of nitrogens with one attached hydrogen (secondary N) is 8. The smallest absolute Gasteiger partial charge is 0.257 e. The maximum Gasteiger partial charge on any atom is 0.257 e. The molecule has 16 aromatic heterocycles. The van der Waals surface area contributed by atoms with E-state index in [0.717, 1.165) is 186 Å². The van der Waals surface area contributed by atoms with Gasteiger partial charge in [-0.25, -0.2) is 44.3 Å². The van der Waals surface area contributed by atoms with Crippen LogP contribution in [0.5, 0.6) is 0 Å². The van der Waals surface area contributed by atoms with Gasteiger partial charge in [-0.1, -0.05) is 0 Å². The van der Waals surface area contributed by atoms with E-state index in [1.54, 1.807) is 99.7 Å². The number of carbonyl (C=O) groups excluding carboxylic acids is 4. The van der Waals surface area contributed by atoms with E-state index in [-0.39, 0.29) is 121 Å². The van der Waals surface area contributed by atoms with Crippen LogP contribution in [-0.4, -0.2) is 360 Å². The van der Waals surface area contributed by atoms with Crippen molar-refractivity contribution in [2.24, 2.45) is 0 Å². The predicted molar refractivity (Wildman–Crippen MR) is 552 cm³/mol. The number of likely N-dealkylation sites (N-methyl/N-ethyl adjacent to an activating group) is 3. The molecule has 8 N–H and O–H groups in total. The van der Waals surface area contributed by atoms with Gasteiger partial charge < -0.3 is 113 Å². The van der Waals surface area contributed by atoms with Crippen LogP contribution in [0, 0.1) is 0 Å². The molecule has 16 atom stereocenters. The summed E-state index contributed by atoms with van der Waals surface area (Å²) in [4.78, 5) is 98.0. The molecule has 24 rings (SSSR count). The summed E-state index contributed by atoms with van der Waals surface area (Å²) in [6.07, 6.45) is 28.8. The summed E-state index contributed by atoms with van der Waals surface area (Å²) < 4.78 is 74.5. The lowest BCUT2D eigenvalue weighted by Crippen LogP contribution is -2.51. The van der Waals surface area contributed by atoms with Crippen LogP contribution in [-0.2, 0) is 37.9 Å². The molecule has 44 heteroatoms. The Kier molecular flexibility index (Phi) is 28.2. The molecule has 770 valence electrons. The molecule has 4 saturated carbocycles. The molecule has 4 aliphatic carbocycles. The van der Waals surface area contributed by atoms with Crippen LogP contribution in [0.4, 0.5) is 27.7 Å². The molecule has 4 amide bonds. The molecule has 8 fully saturated rings. The minimum Gasteiger partial charge on any atom is -0.379 e. The molecule has 20 heterocycles. The number of amides is 4. The second-order valence-electron chi connectivity index (χ2n) is 38.9. The summed E-state index contributed by atoms with van der Waals surface area (Å²) in [5.41, 5.74) is 13.4. The highest BCUT2D eigenvalue weighted by atomic mass is 19.1. The lowest BCUT2D eigenvalue weighted by Gasteiger charge is -2.35. The number of halogens is 1. The van der Waals surface area contributed by atoms with Crippen molar-refractivity contribution in [1.82, 2.24) is 133 Å². The van der Waals surface area contributed by atoms with Crippen molar-refractivity contribution in [3.8, 4) is 45.0 Å². The quantitative estimate of drug-likeness (QED) is 0.0237. The monoisotopic (exact) mass is 2010 g/mol. The van der Waals surface area contributed by atoms with E-state index in [9.17, 15) is 23.6 Å². The number of anilines is 4. The third-order valence-electron chi connectivity index (χ3n) is 30.5. The van der Waals surface area contributed by atoms with Crippen LogP contribution in [0.25, 0.3) is 112 Å². The highest BCUT2D eigenvalue weighted by Crippen LogP contribution is 2.43. The molecule has 4 aliphatic heterocycles. The van der Waals surface area contributed by atoms with Gasteiger partial charge in [-0.05, 0) is 127 Å². The summed E-state index contributed by atoms with van der Waals surface area (Å²) in [6.45, 7) is 5.73. The fourth-order valence-electron chi connectivity index (χ4n) is 21.9. The Hall–Kier alpha value is -14.2. The van der Waals surface area contributed by atoms with Gasteiger partial charge in [0.25, 0.3) is 23.6 Å². The summed E-state index contributed by atoms with van der Waals surface area (Å²) in [5, 5.41) is 46.7. The first kappa shape index (κ1) is 98.8. The first-order valence-electron chi connectivity index (χ1n) is 49.9. The predicted octanol–water partition coefficient (Wildman–Crippen LogP) is 9.58. The Morgan fingerprint density at radius 1 is 0.333 bits per heavy atom. The fourth-order valence-corrected chi connectivity index (χ4v) is 21.9. The number of aromatic nitrogens is 20. The van der Waals surface area contributed by atoms with Crippen LogP contribution >= 0.6 is 0 Å². The number of nitrogens with zero attached hydrogens (tertiary/aromatic N) is 23. The second-order valence-corrected chi connectivity index (χ2v) is 38.9. The number of pyridine rings is 4. The Bertz CT molecular complexity index is 7050. The molecule has 147 heavy (non-hydrogen) atoms. The van der Waals surface area contributed by atoms with E-state index in [0.29, 0.717) is 75.0 Å². The van der Waals surface area contributed by atoms with Crippen LogP contribution in [0.3, 0.4) is 0 Å². The molecular weight excluding hydrogens is 1880 g/mol. The van der Waals surface area contributed by atoms with Crippen LogP contribution in [0.1, 0.15) is 123 Å². The maximum absolute atomic E-state index is 14.8. The molecule has 0 radical (unpaired) electrons. The van der Waals surface area contributed by atoms with Gasteiger partial charge in [0.2, 0.25) is 0 Å². The zero-order valence-electron chi connectivity index (χ0n) is 84.7. The Morgan fingerprint density at radius 3 is 0.810 bits per heavy atom. The summed E-state index contributed by atoms with van der Waals surface area (Å²) in [5.74, 6) is 2.04. The van der Waals surface area contributed by atoms with E-state index in [4.69, 9.17) is 72.8 Å². The number of carbonyl (C=O) groups is 4. The summed E-state index contributed by atoms with van der Waals surface area (Å²) in [7, 11) is 25.6. The molecular formula is C103H124FN31O12. The number of rotatable bonds is 27. The SMILES string of the molecule is CNc1cc(-c2cn([C@H]3CCOC[C@@H]3F)c3ncccc23)nc2c(C(=O)NC3CC[C@@H]3OC)cnn12.CNc1cc(-c2cn([C@H]3CN(C)C[C@@H]3OC)c3ncccc23)nc2c(C(=O)NC3CC[C@@H]3OC)cnn12.CNc1cc(-c2cn([C@H]3CN(C)C[C@@H]3OC)c3ncccc23)nc2c(C(=O)N[C@@H]3CC[C@H]3OC)cnn12.CNc1cc(-c2cn([C@H]3CN(C)C[C@@H]3OC)c3ncccc23)nc2c(C(=O)N[C@H]3CC[C@@H]3OC)cnn12. The Labute approximate surface area is 845 Å². The number of alkyl halides is 1. The molecule has 43 nitrogen and oxygen atoms in total. The molecule has 2 unspecified atom stereocenters. The molecule has 4 saturated heterocycles. The van der Waals surface area contributed by atoms with Gasteiger partial charge in [-0.2, -0.15) is 38.5 Å². The van der Waals surface area contributed by atoms with Gasteiger partial charge in [-0.15, -0.1) is 0 Å². The first-order valence-corrected chi connectivity index (χ1v) is 49.9. The minimum absolute atomic E-state index is 0.00160. The van der Waals surface area contributed by atoms with E-state index in [2.05, 4.69) is 154 Å². The van der Waals surface area contributed by atoms with Gasteiger partial charge in [0.1, 0.15) is 74.3 Å². The van der Waals surface area contributed by atoms with Gasteiger partial charge in [0, 0.05) is 241 Å². The Morgan fingerprint density at radius 2 is 0.585 bits per heavy atom. The first-order chi connectivity index (χ1) is 71.6. The topological polar surface area (TPSA) is 440 Å². The number of ether oxygens (including phenoxy) is 8. The highest BCUT2D eigenvalue weighted by molar-refractivity contribution is 6.05. The summed E-state index contributed by atoms with van der Waals surface area (Å²) in [6, 6.07) is 23.5. The highest BCUT2D eigenvalue weighted by Gasteiger charge is 2.43. The normalized spacial score (nSPS) is 24.0. The standard InChI is InChI=1S/3C26H32N8O3.C25H28FN7O3/c3*1-27-23-10-19(30-25-16(11-29-34(23)25)26(35)31-18-7-8-21(18)36-3)17-12-33(24-15(17)6-5-9-28-24)20-13-32(2)14-22(20)37-4;1-27-22-10-19(30-24-15(11-29-33(22)24)25(34)31-18-5-6-21(18)35-2)16-12-32(20-7-9-36-13-17(20)26)23-14(16)4-3-8-28-23/h3*5-6,9-12,18,20-22,27H,7-8,13-14H2,1-4H3,(H,31,35);3-4,8,10-12,17-18,20-21,27H,5-7,9,13H2,1-2H3,(H,31,34)/t18?,20-,21-,22-;18-,20+,21-,22+;18-,20-,21-,22-;17-,18?,20-,21-/m0100/s1. The van der Waals surface area contributed by atoms with E-state index >= 15 is 0 Å². The zero-order chi connectivity index (χ0) is 102. The van der Waals surface area contributed by atoms with Crippen LogP contribution in [0.2, 0.25) is 0 Å². The average molecular weight is 2010 g/mol. The van der Waals surface area contributed by atoms with Crippen molar-refractivity contribution in [2.75, 3.05) is 173 Å². The number of methoxy groups -OCH3 is 7. The van der Waals surface area contributed by atoms with Crippen LogP contribution in [0.15, 0.2) is 147 Å². The largest absolute Gasteiger partial charge is 0.379 e. The number of hydrogen-bond donors (Lipinski definition) is 8. The van der Waals surface area contributed by atoms with Gasteiger partial charge in [0.05, 0.1) is 145 Å². The van der Waals surface area contributed by atoms with Crippen LogP contribution < -0.4 is 42.5 Å². The van der Waals surface area contributed by atoms with Crippen molar-refractivity contribution in [2.45, 2.75) is 155 Å². The minimum atomic E-state index is -1.12. The van der Waals surface area contributed by atoms with E-state index in [1.165, 1.54) is 6.20 Å². The average Bonchev–Trinajstić information content (AvgIpc) is 1.61. The Balaban J connectivity index is 0.000000115. The third kappa shape index (κ3) is 18.5. The zero-order valence-corrected chi connectivity index (χ0v) is 84.7. The van der Waals surface area contributed by atoms with E-state index < -0.39 is 6.17 Å². The van der Waals surface area contributed by atoms with Gasteiger partial charge in [-0.3, -0.25) is 19.2 Å². The third-order valence-corrected chi connectivity index (χ3v) is 30.5. The van der Waals surface area contributed by atoms with Crippen molar-refractivity contribution in [3.63, 3.8) is 0 Å². The van der Waals surface area contributed by atoms with Crippen molar-refractivity contribution < 1.29 is 61.5 Å². The van der Waals surface area contributed by atoms with Gasteiger partial charge in [0.15, 0.2) is 22.6 Å². The number of hydrogen-bond acceptors (Lipinski definition) is 31. The lowest BCUT2D eigenvalue weighted by atomic mass is 9.89. The number of likely N-dealkylation sites (tertiary alicyclic amines) is 3. The van der Waals surface area contributed by atoms with Crippen molar-refractivity contribution >= 4 is 114 Å². The number of fused-ring (bicyclic) bond motifs is 8. The van der Waals surface area contributed by atoms with E-state index in [1.807, 2.05) is 105 Å². The molecule has 0 bridgehead atoms. The molecule has 8 aliphatic rings. The second kappa shape index (κ2) is 42.0. The molecule has 0 spiro atoms. The van der Waals surface area contributed by atoms with Crippen molar-refractivity contribution in [1.29, 1.82) is 0 Å². The maximum atomic E-state index is 14.8. The fraction of sp³-hybridized carbons (Fsp3) is 0.456. The molecule has 0 aromatic carbocycles.